The molecule has 1 fully saturated rings. The van der Waals surface area contributed by atoms with Gasteiger partial charge in [0.25, 0.3) is 0 Å². The van der Waals surface area contributed by atoms with Crippen LogP contribution < -0.4 is 0 Å². The van der Waals surface area contributed by atoms with Gasteiger partial charge >= 0.3 is 30.0 Å². The van der Waals surface area contributed by atoms with E-state index in [9.17, 15) is 0 Å². The third-order valence-corrected chi connectivity index (χ3v) is 1.71. The number of ether oxygens (including phenoxy) is 2. The summed E-state index contributed by atoms with van der Waals surface area (Å²) in [5, 5.41) is 0. The van der Waals surface area contributed by atoms with Crippen molar-refractivity contribution >= 4 is 13.6 Å². The average molecular weight is 301 g/mol. The molecular weight excluding hydrogens is 285 g/mol. The molecule has 0 radical (unpaired) electrons. The molecule has 1 atom stereocenters. The standard InChI is InChI=1S/C9H15O2.BrH.Zn/c1-2-3-7-10-9-6-4-5-8-11-9;;/h3,9H,4-8H2,1H3;1H;/q-1;;+2/p-1. The van der Waals surface area contributed by atoms with E-state index in [1.165, 1.54) is 29.2 Å². The molecule has 0 bridgehead atoms. The zero-order valence-corrected chi connectivity index (χ0v) is 12.6. The Morgan fingerprint density at radius 2 is 2.38 bits per heavy atom. The van der Waals surface area contributed by atoms with E-state index in [2.05, 4.69) is 19.7 Å². The molecular formula is C9H15BrO2Zn. The van der Waals surface area contributed by atoms with Crippen molar-refractivity contribution in [2.75, 3.05) is 13.2 Å². The van der Waals surface area contributed by atoms with Crippen LogP contribution in [0.4, 0.5) is 0 Å². The van der Waals surface area contributed by atoms with Gasteiger partial charge in [0.05, 0.1) is 0 Å². The van der Waals surface area contributed by atoms with Crippen LogP contribution in [0.1, 0.15) is 26.2 Å². The summed E-state index contributed by atoms with van der Waals surface area (Å²) < 4.78 is 10.7. The van der Waals surface area contributed by atoms with Crippen LogP contribution in [0.3, 0.4) is 0 Å². The van der Waals surface area contributed by atoms with Crippen LogP contribution in [0.25, 0.3) is 0 Å². The topological polar surface area (TPSA) is 18.5 Å². The summed E-state index contributed by atoms with van der Waals surface area (Å²) in [5.41, 5.74) is 0. The Bertz CT molecular complexity index is 125. The van der Waals surface area contributed by atoms with E-state index in [1.54, 1.807) is 0 Å². The average Bonchev–Trinajstić information content (AvgIpc) is 2.23. The molecule has 0 N–H and O–H groups in total. The third-order valence-electron chi connectivity index (χ3n) is 1.71. The summed E-state index contributed by atoms with van der Waals surface area (Å²) >= 11 is 4.25. The normalized spacial score (nSPS) is 22.6. The van der Waals surface area contributed by atoms with Crippen LogP contribution in [0.2, 0.25) is 0 Å². The zero-order valence-electron chi connectivity index (χ0n) is 8.09. The molecule has 2 nitrogen and oxygen atoms in total. The van der Waals surface area contributed by atoms with Crippen molar-refractivity contribution < 1.29 is 25.8 Å². The molecule has 13 heavy (non-hydrogen) atoms. The number of hydrogen-bond donors (Lipinski definition) is 0. The van der Waals surface area contributed by atoms with Gasteiger partial charge in [-0.15, -0.1) is 0 Å². The Hall–Kier alpha value is 0.763. The van der Waals surface area contributed by atoms with Crippen molar-refractivity contribution in [3.63, 3.8) is 0 Å². The fourth-order valence-corrected chi connectivity index (χ4v) is 1.08. The van der Waals surface area contributed by atoms with Crippen molar-refractivity contribution in [3.8, 4) is 0 Å². The molecule has 0 aromatic carbocycles. The van der Waals surface area contributed by atoms with Crippen molar-refractivity contribution in [1.82, 2.24) is 0 Å². The molecule has 0 saturated carbocycles. The fraction of sp³-hybridized carbons (Fsp3) is 0.778. The Balaban J connectivity index is 0.000000671. The second kappa shape index (κ2) is 10.8. The van der Waals surface area contributed by atoms with Gasteiger partial charge in [-0.25, -0.2) is 6.08 Å². The SMILES string of the molecule is C[C-]=CCOC1CCCCO1.[Zn+][Br]. The van der Waals surface area contributed by atoms with E-state index < -0.39 is 0 Å². The van der Waals surface area contributed by atoms with E-state index in [0.717, 1.165) is 13.0 Å². The van der Waals surface area contributed by atoms with Gasteiger partial charge in [-0.2, -0.15) is 6.92 Å². The fourth-order valence-electron chi connectivity index (χ4n) is 1.08. The second-order valence-corrected chi connectivity index (χ2v) is 2.62. The quantitative estimate of drug-likeness (QED) is 0.589. The summed E-state index contributed by atoms with van der Waals surface area (Å²) in [6.45, 7) is 3.34. The zero-order chi connectivity index (χ0) is 9.94. The molecule has 0 aliphatic carbocycles. The van der Waals surface area contributed by atoms with Crippen LogP contribution in [0, 0.1) is 6.08 Å². The van der Waals surface area contributed by atoms with Crippen LogP contribution in [-0.4, -0.2) is 19.5 Å². The summed E-state index contributed by atoms with van der Waals surface area (Å²) in [6.07, 6.45) is 8.25. The summed E-state index contributed by atoms with van der Waals surface area (Å²) in [5.74, 6) is 0. The first kappa shape index (κ1) is 13.8. The van der Waals surface area contributed by atoms with Gasteiger partial charge in [0.15, 0.2) is 6.29 Å². The van der Waals surface area contributed by atoms with Crippen LogP contribution in [0.15, 0.2) is 6.08 Å². The van der Waals surface area contributed by atoms with Gasteiger partial charge < -0.3 is 15.5 Å². The molecule has 0 aromatic rings. The minimum absolute atomic E-state index is 0.0355. The van der Waals surface area contributed by atoms with Crippen molar-refractivity contribution in [3.05, 3.63) is 12.2 Å². The minimum atomic E-state index is 0.0355. The first-order valence-corrected chi connectivity index (χ1v) is 11.4. The molecule has 72 valence electrons. The monoisotopic (exact) mass is 298 g/mol. The predicted molar refractivity (Wildman–Crippen MR) is 52.0 cm³/mol. The number of rotatable bonds is 3. The molecule has 0 spiro atoms. The van der Waals surface area contributed by atoms with Gasteiger partial charge in [-0.3, -0.25) is 0 Å². The van der Waals surface area contributed by atoms with E-state index in [4.69, 9.17) is 9.47 Å². The molecule has 4 heteroatoms. The van der Waals surface area contributed by atoms with Crippen LogP contribution in [-0.2, 0) is 25.8 Å². The van der Waals surface area contributed by atoms with Crippen molar-refractivity contribution in [2.24, 2.45) is 0 Å². The first-order valence-electron chi connectivity index (χ1n) is 4.42. The van der Waals surface area contributed by atoms with Gasteiger partial charge in [-0.1, -0.05) is 0 Å². The van der Waals surface area contributed by atoms with Gasteiger partial charge in [0, 0.05) is 13.2 Å². The third kappa shape index (κ3) is 7.81. The van der Waals surface area contributed by atoms with Gasteiger partial charge in [0.2, 0.25) is 0 Å². The van der Waals surface area contributed by atoms with Crippen LogP contribution in [0.5, 0.6) is 0 Å². The van der Waals surface area contributed by atoms with E-state index in [1.807, 2.05) is 13.0 Å². The van der Waals surface area contributed by atoms with Gasteiger partial charge in [-0.05, 0) is 19.3 Å². The molecule has 1 aliphatic heterocycles. The Labute approximate surface area is 97.1 Å². The molecule has 1 heterocycles. The molecule has 0 aromatic heterocycles. The van der Waals surface area contributed by atoms with Gasteiger partial charge in [0.1, 0.15) is 0 Å². The van der Waals surface area contributed by atoms with E-state index in [0.29, 0.717) is 6.61 Å². The number of allylic oxidation sites excluding steroid dienone is 1. The first-order chi connectivity index (χ1) is 6.43. The van der Waals surface area contributed by atoms with E-state index >= 15 is 0 Å². The molecule has 1 rings (SSSR count). The van der Waals surface area contributed by atoms with Crippen molar-refractivity contribution in [1.29, 1.82) is 0 Å². The molecule has 1 unspecified atom stereocenters. The number of hydrogen-bond acceptors (Lipinski definition) is 2. The second-order valence-electron chi connectivity index (χ2n) is 2.62. The maximum atomic E-state index is 5.38. The summed E-state index contributed by atoms with van der Waals surface area (Å²) in [6, 6.07) is 0. The van der Waals surface area contributed by atoms with Crippen molar-refractivity contribution in [2.45, 2.75) is 32.5 Å². The number of halogens is 1. The summed E-state index contributed by atoms with van der Waals surface area (Å²) in [7, 11) is 0. The van der Waals surface area contributed by atoms with E-state index in [-0.39, 0.29) is 6.29 Å². The Kier molecular flexibility index (Phi) is 11.5. The van der Waals surface area contributed by atoms with Crippen LogP contribution >= 0.6 is 13.6 Å². The molecule has 1 saturated heterocycles. The predicted octanol–water partition coefficient (Wildman–Crippen LogP) is 2.75. The Morgan fingerprint density at radius 1 is 1.62 bits per heavy atom. The molecule has 1 aliphatic rings. The maximum absolute atomic E-state index is 5.38. The molecule has 0 amide bonds. The Morgan fingerprint density at radius 3 is 2.92 bits per heavy atom. The summed E-state index contributed by atoms with van der Waals surface area (Å²) in [4.78, 5) is 0.